The van der Waals surface area contributed by atoms with Crippen molar-refractivity contribution in [2.75, 3.05) is 19.6 Å². The molecule has 1 unspecified atom stereocenters. The lowest BCUT2D eigenvalue weighted by atomic mass is 9.96. The van der Waals surface area contributed by atoms with Gasteiger partial charge in [-0.25, -0.2) is 0 Å². The van der Waals surface area contributed by atoms with Crippen LogP contribution in [0.4, 0.5) is 0 Å². The Balaban J connectivity index is 4.51. The number of carboxylic acids is 1. The molecule has 0 aromatic carbocycles. The molecule has 0 rings (SSSR count). The first-order chi connectivity index (χ1) is 9.88. The van der Waals surface area contributed by atoms with Gasteiger partial charge in [0.2, 0.25) is 0 Å². The molecule has 3 heteroatoms. The van der Waals surface area contributed by atoms with Gasteiger partial charge in [0.25, 0.3) is 0 Å². The molecule has 0 aliphatic heterocycles. The van der Waals surface area contributed by atoms with E-state index < -0.39 is 5.97 Å². The van der Waals surface area contributed by atoms with Crippen molar-refractivity contribution < 1.29 is 9.90 Å². The smallest absolute Gasteiger partial charge is 0.303 e. The van der Waals surface area contributed by atoms with E-state index in [0.29, 0.717) is 0 Å². The Morgan fingerprint density at radius 1 is 1.19 bits per heavy atom. The Morgan fingerprint density at radius 3 is 2.29 bits per heavy atom. The number of aliphatic carboxylic acids is 1. The Labute approximate surface area is 130 Å². The summed E-state index contributed by atoms with van der Waals surface area (Å²) in [5, 5.41) is 9.07. The zero-order valence-corrected chi connectivity index (χ0v) is 14.5. The Hall–Kier alpha value is -1.09. The van der Waals surface area contributed by atoms with E-state index in [-0.39, 0.29) is 12.3 Å². The molecule has 0 radical (unpaired) electrons. The van der Waals surface area contributed by atoms with E-state index in [1.165, 1.54) is 11.1 Å². The molecule has 0 heterocycles. The Morgan fingerprint density at radius 2 is 1.81 bits per heavy atom. The van der Waals surface area contributed by atoms with Crippen molar-refractivity contribution in [1.82, 2.24) is 4.90 Å². The lowest BCUT2D eigenvalue weighted by Crippen LogP contribution is -2.26. The number of hydrogen-bond acceptors (Lipinski definition) is 2. The first-order valence-electron chi connectivity index (χ1n) is 8.13. The Kier molecular flexibility index (Phi) is 11.0. The molecule has 0 saturated carbocycles. The average Bonchev–Trinajstić information content (AvgIpc) is 2.38. The number of carbonyl (C=O) groups is 1. The second kappa shape index (κ2) is 11.6. The fraction of sp³-hybridized carbons (Fsp3) is 0.722. The summed E-state index contributed by atoms with van der Waals surface area (Å²) in [6.45, 7) is 13.7. The summed E-state index contributed by atoms with van der Waals surface area (Å²) in [4.78, 5) is 13.4. The van der Waals surface area contributed by atoms with Gasteiger partial charge in [0.15, 0.2) is 0 Å². The number of nitrogens with zero attached hydrogens (tertiary/aromatic N) is 1. The predicted molar refractivity (Wildman–Crippen MR) is 90.6 cm³/mol. The van der Waals surface area contributed by atoms with Crippen molar-refractivity contribution in [3.8, 4) is 0 Å². The van der Waals surface area contributed by atoms with Gasteiger partial charge in [-0.2, -0.15) is 0 Å². The largest absolute Gasteiger partial charge is 0.481 e. The van der Waals surface area contributed by atoms with Crippen molar-refractivity contribution in [2.24, 2.45) is 5.92 Å². The summed E-state index contributed by atoms with van der Waals surface area (Å²) in [6.07, 6.45) is 7.64. The minimum Gasteiger partial charge on any atom is -0.481 e. The molecule has 1 N–H and O–H groups in total. The maximum absolute atomic E-state index is 11.0. The summed E-state index contributed by atoms with van der Waals surface area (Å²) < 4.78 is 0. The predicted octanol–water partition coefficient (Wildman–Crippen LogP) is 4.50. The van der Waals surface area contributed by atoms with Crippen molar-refractivity contribution in [2.45, 2.75) is 60.3 Å². The monoisotopic (exact) mass is 295 g/mol. The Bertz CT molecular complexity index is 350. The molecule has 0 amide bonds. The fourth-order valence-electron chi connectivity index (χ4n) is 2.43. The van der Waals surface area contributed by atoms with Gasteiger partial charge in [-0.15, -0.1) is 0 Å². The van der Waals surface area contributed by atoms with Crippen molar-refractivity contribution in [3.05, 3.63) is 23.3 Å². The van der Waals surface area contributed by atoms with Crippen LogP contribution in [-0.2, 0) is 4.79 Å². The van der Waals surface area contributed by atoms with Crippen LogP contribution < -0.4 is 0 Å². The maximum atomic E-state index is 11.0. The first kappa shape index (κ1) is 19.9. The molecule has 0 aliphatic rings. The molecule has 3 nitrogen and oxygen atoms in total. The minimum atomic E-state index is -0.701. The van der Waals surface area contributed by atoms with Gasteiger partial charge < -0.3 is 10.0 Å². The third kappa shape index (κ3) is 11.3. The van der Waals surface area contributed by atoms with Crippen LogP contribution in [0.1, 0.15) is 60.3 Å². The van der Waals surface area contributed by atoms with Crippen LogP contribution in [0.3, 0.4) is 0 Å². The minimum absolute atomic E-state index is 0.148. The average molecular weight is 295 g/mol. The van der Waals surface area contributed by atoms with Gasteiger partial charge in [-0.3, -0.25) is 4.79 Å². The molecular formula is C18H33NO2. The molecule has 0 aromatic rings. The first-order valence-corrected chi connectivity index (χ1v) is 8.13. The van der Waals surface area contributed by atoms with E-state index in [1.54, 1.807) is 0 Å². The fourth-order valence-corrected chi connectivity index (χ4v) is 2.43. The van der Waals surface area contributed by atoms with Crippen LogP contribution in [-0.4, -0.2) is 35.6 Å². The summed E-state index contributed by atoms with van der Waals surface area (Å²) in [7, 11) is 0. The molecule has 0 spiro atoms. The normalized spacial score (nSPS) is 13.3. The van der Waals surface area contributed by atoms with Crippen LogP contribution in [0.15, 0.2) is 23.3 Å². The zero-order chi connectivity index (χ0) is 16.3. The van der Waals surface area contributed by atoms with E-state index >= 15 is 0 Å². The summed E-state index contributed by atoms with van der Waals surface area (Å²) in [5.74, 6) is -0.553. The molecular weight excluding hydrogens is 262 g/mol. The van der Waals surface area contributed by atoms with Crippen LogP contribution in [0.2, 0.25) is 0 Å². The molecule has 21 heavy (non-hydrogen) atoms. The highest BCUT2D eigenvalue weighted by Gasteiger charge is 2.12. The third-order valence-corrected chi connectivity index (χ3v) is 3.76. The van der Waals surface area contributed by atoms with Crippen molar-refractivity contribution in [3.63, 3.8) is 0 Å². The van der Waals surface area contributed by atoms with Gasteiger partial charge in [0.1, 0.15) is 0 Å². The standard InChI is InChI=1S/C18H33NO2/c1-6-19(7-2)12-11-17(14-18(20)21)13-16(5)10-8-9-15(3)4/h9,13,17H,6-8,10-12,14H2,1-5H3,(H,20,21). The van der Waals surface area contributed by atoms with E-state index in [0.717, 1.165) is 38.9 Å². The zero-order valence-electron chi connectivity index (χ0n) is 14.5. The second-order valence-electron chi connectivity index (χ2n) is 6.01. The molecule has 0 aromatic heterocycles. The highest BCUT2D eigenvalue weighted by atomic mass is 16.4. The third-order valence-electron chi connectivity index (χ3n) is 3.76. The highest BCUT2D eigenvalue weighted by Crippen LogP contribution is 2.17. The molecule has 122 valence electrons. The van der Waals surface area contributed by atoms with Crippen LogP contribution in [0.5, 0.6) is 0 Å². The van der Waals surface area contributed by atoms with Gasteiger partial charge in [-0.05, 0) is 65.6 Å². The second-order valence-corrected chi connectivity index (χ2v) is 6.01. The molecule has 0 saturated heterocycles. The number of carboxylic acid groups (broad SMARTS) is 1. The van der Waals surface area contributed by atoms with Crippen LogP contribution >= 0.6 is 0 Å². The van der Waals surface area contributed by atoms with Gasteiger partial charge in [0, 0.05) is 0 Å². The van der Waals surface area contributed by atoms with E-state index in [4.69, 9.17) is 5.11 Å². The van der Waals surface area contributed by atoms with E-state index in [2.05, 4.69) is 51.7 Å². The van der Waals surface area contributed by atoms with E-state index in [1.807, 2.05) is 0 Å². The van der Waals surface area contributed by atoms with Crippen molar-refractivity contribution in [1.29, 1.82) is 0 Å². The highest BCUT2D eigenvalue weighted by molar-refractivity contribution is 5.67. The van der Waals surface area contributed by atoms with Crippen molar-refractivity contribution >= 4 is 5.97 Å². The number of rotatable bonds is 11. The SMILES string of the molecule is CCN(CC)CCC(C=C(C)CCC=C(C)C)CC(=O)O. The lowest BCUT2D eigenvalue weighted by Gasteiger charge is -2.20. The van der Waals surface area contributed by atoms with Gasteiger partial charge in [-0.1, -0.05) is 37.1 Å². The van der Waals surface area contributed by atoms with Gasteiger partial charge in [0.05, 0.1) is 6.42 Å². The van der Waals surface area contributed by atoms with Crippen LogP contribution in [0, 0.1) is 5.92 Å². The van der Waals surface area contributed by atoms with E-state index in [9.17, 15) is 4.79 Å². The molecule has 0 bridgehead atoms. The molecule has 0 aliphatic carbocycles. The quantitative estimate of drug-likeness (QED) is 0.570. The summed E-state index contributed by atoms with van der Waals surface area (Å²) in [6, 6.07) is 0. The molecule has 0 fully saturated rings. The summed E-state index contributed by atoms with van der Waals surface area (Å²) in [5.41, 5.74) is 2.64. The van der Waals surface area contributed by atoms with Gasteiger partial charge >= 0.3 is 5.97 Å². The number of hydrogen-bond donors (Lipinski definition) is 1. The van der Waals surface area contributed by atoms with Crippen LogP contribution in [0.25, 0.3) is 0 Å². The maximum Gasteiger partial charge on any atom is 0.303 e. The number of allylic oxidation sites excluding steroid dienone is 4. The molecule has 1 atom stereocenters. The topological polar surface area (TPSA) is 40.5 Å². The lowest BCUT2D eigenvalue weighted by molar-refractivity contribution is -0.137. The summed E-state index contributed by atoms with van der Waals surface area (Å²) >= 11 is 0.